The van der Waals surface area contributed by atoms with Gasteiger partial charge in [-0.3, -0.25) is 4.79 Å². The van der Waals surface area contributed by atoms with Gasteiger partial charge in [0.15, 0.2) is 5.82 Å². The molecule has 0 aliphatic heterocycles. The minimum atomic E-state index is 0.0357. The van der Waals surface area contributed by atoms with Crippen LogP contribution in [0.4, 0.5) is 0 Å². The molecule has 2 aromatic carbocycles. The first kappa shape index (κ1) is 18.7. The summed E-state index contributed by atoms with van der Waals surface area (Å²) in [6.45, 7) is 0.804. The molecule has 5 nitrogen and oxygen atoms in total. The smallest absolute Gasteiger partial charge is 0.242 e. The van der Waals surface area contributed by atoms with E-state index in [9.17, 15) is 4.79 Å². The Morgan fingerprint density at radius 3 is 2.68 bits per heavy atom. The van der Waals surface area contributed by atoms with Crippen molar-refractivity contribution in [1.82, 2.24) is 19.4 Å². The number of amides is 1. The molecule has 0 saturated carbocycles. The minimum Gasteiger partial charge on any atom is -0.340 e. The number of rotatable bonds is 6. The molecule has 28 heavy (non-hydrogen) atoms. The highest BCUT2D eigenvalue weighted by Crippen LogP contribution is 2.25. The Bertz CT molecular complexity index is 1090. The fraction of sp³-hybridized carbons (Fsp3) is 0.190. The molecule has 0 bridgehead atoms. The molecular formula is C21H20N4OS2. The van der Waals surface area contributed by atoms with Crippen LogP contribution < -0.4 is 0 Å². The Morgan fingerprint density at radius 2 is 1.96 bits per heavy atom. The van der Waals surface area contributed by atoms with Crippen LogP contribution in [0.5, 0.6) is 0 Å². The van der Waals surface area contributed by atoms with Gasteiger partial charge in [-0.1, -0.05) is 24.3 Å². The first-order chi connectivity index (χ1) is 13.7. The number of benzene rings is 2. The summed E-state index contributed by atoms with van der Waals surface area (Å²) in [6, 6.07) is 16.2. The average molecular weight is 409 g/mol. The van der Waals surface area contributed by atoms with Crippen molar-refractivity contribution in [3.63, 3.8) is 0 Å². The van der Waals surface area contributed by atoms with Gasteiger partial charge in [-0.05, 0) is 36.1 Å². The first-order valence-corrected chi connectivity index (χ1v) is 11.0. The van der Waals surface area contributed by atoms with Crippen molar-refractivity contribution in [1.29, 1.82) is 0 Å². The van der Waals surface area contributed by atoms with Crippen LogP contribution in [0.2, 0.25) is 0 Å². The maximum atomic E-state index is 13.0. The molecule has 0 atom stereocenters. The molecule has 142 valence electrons. The van der Waals surface area contributed by atoms with E-state index in [0.717, 1.165) is 28.1 Å². The zero-order chi connectivity index (χ0) is 19.5. The van der Waals surface area contributed by atoms with Crippen LogP contribution in [0, 0.1) is 0 Å². The number of thiazole rings is 1. The molecule has 0 saturated heterocycles. The molecule has 0 fully saturated rings. The molecule has 0 aliphatic rings. The lowest BCUT2D eigenvalue weighted by molar-refractivity contribution is -0.130. The second-order valence-corrected chi connectivity index (χ2v) is 8.08. The van der Waals surface area contributed by atoms with E-state index in [-0.39, 0.29) is 12.5 Å². The van der Waals surface area contributed by atoms with Gasteiger partial charge in [0.05, 0.1) is 16.5 Å². The highest BCUT2D eigenvalue weighted by molar-refractivity contribution is 7.98. The summed E-state index contributed by atoms with van der Waals surface area (Å²) in [5.41, 5.74) is 5.50. The zero-order valence-electron chi connectivity index (χ0n) is 15.7. The Morgan fingerprint density at radius 1 is 1.18 bits per heavy atom. The van der Waals surface area contributed by atoms with Crippen LogP contribution in [0.25, 0.3) is 22.6 Å². The standard InChI is InChI=1S/C21H20N4OS2/c1-24(11-15-7-9-16(27-2)10-8-15)20(26)12-25-19-6-4-3-5-17(19)23-21(25)18-13-28-14-22-18/h3-10,13-14H,11-12H2,1-2H3. The molecule has 4 aromatic rings. The van der Waals surface area contributed by atoms with Crippen molar-refractivity contribution in [2.45, 2.75) is 18.0 Å². The number of aromatic nitrogens is 3. The largest absolute Gasteiger partial charge is 0.340 e. The lowest BCUT2D eigenvalue weighted by Crippen LogP contribution is -2.30. The number of hydrogen-bond donors (Lipinski definition) is 0. The Balaban J connectivity index is 1.58. The predicted octanol–water partition coefficient (Wildman–Crippen LogP) is 4.54. The van der Waals surface area contributed by atoms with Crippen LogP contribution in [0.1, 0.15) is 5.56 Å². The highest BCUT2D eigenvalue weighted by atomic mass is 32.2. The Kier molecular flexibility index (Phi) is 5.45. The number of fused-ring (bicyclic) bond motifs is 1. The van der Waals surface area contributed by atoms with Gasteiger partial charge in [0, 0.05) is 23.9 Å². The highest BCUT2D eigenvalue weighted by Gasteiger charge is 2.18. The molecule has 4 rings (SSSR count). The van der Waals surface area contributed by atoms with E-state index in [4.69, 9.17) is 4.98 Å². The summed E-state index contributed by atoms with van der Waals surface area (Å²) < 4.78 is 1.96. The van der Waals surface area contributed by atoms with E-state index in [0.29, 0.717) is 6.54 Å². The average Bonchev–Trinajstić information content (AvgIpc) is 3.37. The lowest BCUT2D eigenvalue weighted by atomic mass is 10.2. The predicted molar refractivity (Wildman–Crippen MR) is 116 cm³/mol. The quantitative estimate of drug-likeness (QED) is 0.440. The van der Waals surface area contributed by atoms with Crippen molar-refractivity contribution in [2.75, 3.05) is 13.3 Å². The second kappa shape index (κ2) is 8.16. The van der Waals surface area contributed by atoms with Crippen molar-refractivity contribution in [2.24, 2.45) is 0 Å². The summed E-state index contributed by atoms with van der Waals surface area (Å²) in [5, 5.41) is 1.96. The zero-order valence-corrected chi connectivity index (χ0v) is 17.3. The molecule has 0 radical (unpaired) electrons. The molecule has 0 unspecified atom stereocenters. The van der Waals surface area contributed by atoms with Crippen LogP contribution in [-0.4, -0.2) is 38.6 Å². The fourth-order valence-corrected chi connectivity index (χ4v) is 4.04. The first-order valence-electron chi connectivity index (χ1n) is 8.86. The maximum Gasteiger partial charge on any atom is 0.242 e. The topological polar surface area (TPSA) is 51.0 Å². The summed E-state index contributed by atoms with van der Waals surface area (Å²) in [7, 11) is 1.84. The van der Waals surface area contributed by atoms with Crippen molar-refractivity contribution in [3.8, 4) is 11.5 Å². The van der Waals surface area contributed by atoms with Crippen molar-refractivity contribution >= 4 is 40.0 Å². The van der Waals surface area contributed by atoms with Crippen LogP contribution in [0.3, 0.4) is 0 Å². The van der Waals surface area contributed by atoms with Crippen LogP contribution in [0.15, 0.2) is 64.3 Å². The van der Waals surface area contributed by atoms with Crippen molar-refractivity contribution in [3.05, 3.63) is 65.0 Å². The third-order valence-electron chi connectivity index (χ3n) is 4.61. The normalized spacial score (nSPS) is 11.1. The van der Waals surface area contributed by atoms with Gasteiger partial charge < -0.3 is 9.47 Å². The molecule has 2 aromatic heterocycles. The van der Waals surface area contributed by atoms with E-state index < -0.39 is 0 Å². The summed E-state index contributed by atoms with van der Waals surface area (Å²) in [4.78, 5) is 25.0. The van der Waals surface area contributed by atoms with E-state index in [1.54, 1.807) is 22.2 Å². The van der Waals surface area contributed by atoms with Gasteiger partial charge in [-0.2, -0.15) is 0 Å². The molecule has 7 heteroatoms. The Labute approximate surface area is 172 Å². The number of nitrogens with zero attached hydrogens (tertiary/aromatic N) is 4. The number of likely N-dealkylation sites (N-methyl/N-ethyl adjacent to an activating group) is 1. The summed E-state index contributed by atoms with van der Waals surface area (Å²) >= 11 is 3.23. The maximum absolute atomic E-state index is 13.0. The van der Waals surface area contributed by atoms with Crippen LogP contribution >= 0.6 is 23.1 Å². The number of para-hydroxylation sites is 2. The number of thioether (sulfide) groups is 1. The van der Waals surface area contributed by atoms with E-state index in [2.05, 4.69) is 35.5 Å². The number of carbonyl (C=O) groups is 1. The van der Waals surface area contributed by atoms with Crippen LogP contribution in [-0.2, 0) is 17.9 Å². The monoisotopic (exact) mass is 408 g/mol. The molecule has 0 N–H and O–H groups in total. The van der Waals surface area contributed by atoms with E-state index >= 15 is 0 Å². The second-order valence-electron chi connectivity index (χ2n) is 6.48. The van der Waals surface area contributed by atoms with Gasteiger partial charge in [0.2, 0.25) is 5.91 Å². The van der Waals surface area contributed by atoms with Gasteiger partial charge >= 0.3 is 0 Å². The van der Waals surface area contributed by atoms with E-state index in [1.807, 2.05) is 41.3 Å². The van der Waals surface area contributed by atoms with Gasteiger partial charge in [0.1, 0.15) is 12.2 Å². The molecule has 1 amide bonds. The van der Waals surface area contributed by atoms with Gasteiger partial charge in [0.25, 0.3) is 0 Å². The molecule has 2 heterocycles. The third kappa shape index (κ3) is 3.81. The number of carbonyl (C=O) groups excluding carboxylic acids is 1. The summed E-state index contributed by atoms with van der Waals surface area (Å²) in [5.74, 6) is 0.766. The third-order valence-corrected chi connectivity index (χ3v) is 5.94. The number of hydrogen-bond acceptors (Lipinski definition) is 5. The fourth-order valence-electron chi connectivity index (χ4n) is 3.10. The Hall–Kier alpha value is -2.64. The molecule has 0 spiro atoms. The van der Waals surface area contributed by atoms with Crippen molar-refractivity contribution < 1.29 is 4.79 Å². The van der Waals surface area contributed by atoms with Gasteiger partial charge in [-0.25, -0.2) is 9.97 Å². The van der Waals surface area contributed by atoms with E-state index in [1.165, 1.54) is 16.2 Å². The summed E-state index contributed by atoms with van der Waals surface area (Å²) in [6.07, 6.45) is 2.06. The molecular weight excluding hydrogens is 388 g/mol. The SMILES string of the molecule is CSc1ccc(CN(C)C(=O)Cn2c(-c3cscn3)nc3ccccc32)cc1. The lowest BCUT2D eigenvalue weighted by Gasteiger charge is -2.19. The number of imidazole rings is 1. The minimum absolute atomic E-state index is 0.0357. The molecule has 0 aliphatic carbocycles. The van der Waals surface area contributed by atoms with Gasteiger partial charge in [-0.15, -0.1) is 23.1 Å².